The number of hydrogen-bond acceptors (Lipinski definition) is 3. The summed E-state index contributed by atoms with van der Waals surface area (Å²) in [5, 5.41) is 0. The molecular formula is C16H25N3. The molecule has 0 spiro atoms. The van der Waals surface area contributed by atoms with Crippen molar-refractivity contribution in [1.82, 2.24) is 14.8 Å². The molecule has 1 aromatic heterocycles. The molecule has 104 valence electrons. The molecule has 0 aromatic carbocycles. The van der Waals surface area contributed by atoms with E-state index < -0.39 is 0 Å². The highest BCUT2D eigenvalue weighted by Gasteiger charge is 2.28. The van der Waals surface area contributed by atoms with Crippen LogP contribution in [0.4, 0.5) is 0 Å². The third-order valence-electron chi connectivity index (χ3n) is 4.87. The van der Waals surface area contributed by atoms with Gasteiger partial charge in [0.1, 0.15) is 0 Å². The first kappa shape index (κ1) is 13.1. The van der Waals surface area contributed by atoms with Gasteiger partial charge in [0.25, 0.3) is 0 Å². The van der Waals surface area contributed by atoms with Crippen LogP contribution in [0.5, 0.6) is 0 Å². The van der Waals surface area contributed by atoms with Gasteiger partial charge in [0.2, 0.25) is 0 Å². The summed E-state index contributed by atoms with van der Waals surface area (Å²) in [4.78, 5) is 9.57. The Morgan fingerprint density at radius 2 is 1.89 bits per heavy atom. The van der Waals surface area contributed by atoms with Crippen molar-refractivity contribution >= 4 is 0 Å². The lowest BCUT2D eigenvalue weighted by Gasteiger charge is -2.39. The van der Waals surface area contributed by atoms with E-state index in [1.165, 1.54) is 57.4 Å². The SMILES string of the molecule is C[C@H](c1cccnc1)N1CCC(N2CCCC2)CC1. The number of nitrogens with zero attached hydrogens (tertiary/aromatic N) is 3. The van der Waals surface area contributed by atoms with Crippen molar-refractivity contribution in [3.05, 3.63) is 30.1 Å². The molecule has 2 fully saturated rings. The average molecular weight is 259 g/mol. The Balaban J connectivity index is 1.55. The smallest absolute Gasteiger partial charge is 0.0335 e. The number of piperidine rings is 1. The Labute approximate surface area is 116 Å². The maximum absolute atomic E-state index is 4.24. The number of likely N-dealkylation sites (tertiary alicyclic amines) is 2. The van der Waals surface area contributed by atoms with Crippen molar-refractivity contribution in [2.45, 2.75) is 44.7 Å². The van der Waals surface area contributed by atoms with Crippen LogP contribution in [-0.2, 0) is 0 Å². The maximum Gasteiger partial charge on any atom is 0.0335 e. The highest BCUT2D eigenvalue weighted by Crippen LogP contribution is 2.26. The molecule has 3 heteroatoms. The fraction of sp³-hybridized carbons (Fsp3) is 0.688. The van der Waals surface area contributed by atoms with Gasteiger partial charge in [-0.3, -0.25) is 9.88 Å². The van der Waals surface area contributed by atoms with E-state index in [4.69, 9.17) is 0 Å². The van der Waals surface area contributed by atoms with Crippen LogP contribution in [0.3, 0.4) is 0 Å². The van der Waals surface area contributed by atoms with Crippen LogP contribution in [0.1, 0.15) is 44.2 Å². The van der Waals surface area contributed by atoms with E-state index in [9.17, 15) is 0 Å². The van der Waals surface area contributed by atoms with Crippen LogP contribution >= 0.6 is 0 Å². The molecule has 0 aliphatic carbocycles. The second-order valence-electron chi connectivity index (χ2n) is 5.97. The van der Waals surface area contributed by atoms with Crippen LogP contribution in [0.2, 0.25) is 0 Å². The van der Waals surface area contributed by atoms with E-state index in [1.54, 1.807) is 0 Å². The van der Waals surface area contributed by atoms with Gasteiger partial charge in [-0.2, -0.15) is 0 Å². The van der Waals surface area contributed by atoms with Gasteiger partial charge in [0.15, 0.2) is 0 Å². The normalized spacial score (nSPS) is 24.7. The Morgan fingerprint density at radius 1 is 1.16 bits per heavy atom. The molecule has 19 heavy (non-hydrogen) atoms. The third-order valence-corrected chi connectivity index (χ3v) is 4.87. The molecule has 3 nitrogen and oxygen atoms in total. The quantitative estimate of drug-likeness (QED) is 0.832. The van der Waals surface area contributed by atoms with Crippen LogP contribution in [0, 0.1) is 0 Å². The molecule has 2 saturated heterocycles. The molecule has 1 aromatic rings. The third kappa shape index (κ3) is 2.98. The first-order valence-electron chi connectivity index (χ1n) is 7.72. The summed E-state index contributed by atoms with van der Waals surface area (Å²) >= 11 is 0. The minimum absolute atomic E-state index is 0.508. The van der Waals surface area contributed by atoms with E-state index >= 15 is 0 Å². The number of hydrogen-bond donors (Lipinski definition) is 0. The Kier molecular flexibility index (Phi) is 4.14. The molecule has 3 rings (SSSR count). The van der Waals surface area contributed by atoms with Gasteiger partial charge in [0.05, 0.1) is 0 Å². The van der Waals surface area contributed by atoms with E-state index in [1.807, 2.05) is 18.5 Å². The summed E-state index contributed by atoms with van der Waals surface area (Å²) in [6.45, 7) is 7.45. The largest absolute Gasteiger partial charge is 0.300 e. The van der Waals surface area contributed by atoms with Crippen LogP contribution in [0.15, 0.2) is 24.5 Å². The maximum atomic E-state index is 4.24. The zero-order chi connectivity index (χ0) is 13.1. The molecule has 0 unspecified atom stereocenters. The molecule has 1 atom stereocenters. The number of aromatic nitrogens is 1. The number of pyridine rings is 1. The molecule has 0 amide bonds. The second kappa shape index (κ2) is 6.02. The van der Waals surface area contributed by atoms with E-state index in [0.717, 1.165) is 6.04 Å². The standard InChI is InChI=1S/C16H25N3/c1-14(15-5-4-8-17-13-15)18-11-6-16(7-12-18)19-9-2-3-10-19/h4-5,8,13-14,16H,2-3,6-7,9-12H2,1H3/t14-/m1/s1. The Bertz CT molecular complexity index is 378. The van der Waals surface area contributed by atoms with Gasteiger partial charge in [-0.05, 0) is 57.3 Å². The van der Waals surface area contributed by atoms with Crippen molar-refractivity contribution in [3.63, 3.8) is 0 Å². The topological polar surface area (TPSA) is 19.4 Å². The predicted octanol–water partition coefficient (Wildman–Crippen LogP) is 2.70. The molecule has 2 aliphatic heterocycles. The molecule has 2 aliphatic rings. The van der Waals surface area contributed by atoms with E-state index in [-0.39, 0.29) is 0 Å². The van der Waals surface area contributed by atoms with Crippen molar-refractivity contribution in [3.8, 4) is 0 Å². The van der Waals surface area contributed by atoms with Gasteiger partial charge < -0.3 is 4.90 Å². The highest BCUT2D eigenvalue weighted by molar-refractivity contribution is 5.13. The lowest BCUT2D eigenvalue weighted by Crippen LogP contribution is -2.44. The van der Waals surface area contributed by atoms with Crippen molar-refractivity contribution in [1.29, 1.82) is 0 Å². The van der Waals surface area contributed by atoms with Crippen molar-refractivity contribution in [2.24, 2.45) is 0 Å². The molecule has 0 saturated carbocycles. The summed E-state index contributed by atoms with van der Waals surface area (Å²) in [6.07, 6.45) is 9.36. The molecule has 0 bridgehead atoms. The summed E-state index contributed by atoms with van der Waals surface area (Å²) in [7, 11) is 0. The summed E-state index contributed by atoms with van der Waals surface area (Å²) in [5.41, 5.74) is 1.35. The Hall–Kier alpha value is -0.930. The fourth-order valence-electron chi connectivity index (χ4n) is 3.58. The summed E-state index contributed by atoms with van der Waals surface area (Å²) in [5.74, 6) is 0. The second-order valence-corrected chi connectivity index (χ2v) is 5.97. The molecular weight excluding hydrogens is 234 g/mol. The van der Waals surface area contributed by atoms with Crippen LogP contribution in [0.25, 0.3) is 0 Å². The van der Waals surface area contributed by atoms with Crippen LogP contribution < -0.4 is 0 Å². The number of rotatable bonds is 3. The summed E-state index contributed by atoms with van der Waals surface area (Å²) in [6, 6.07) is 5.60. The average Bonchev–Trinajstić information content (AvgIpc) is 3.02. The van der Waals surface area contributed by atoms with Crippen molar-refractivity contribution in [2.75, 3.05) is 26.2 Å². The highest BCUT2D eigenvalue weighted by atomic mass is 15.2. The van der Waals surface area contributed by atoms with Gasteiger partial charge in [-0.25, -0.2) is 0 Å². The molecule has 0 N–H and O–H groups in total. The minimum atomic E-state index is 0.508. The van der Waals surface area contributed by atoms with Crippen LogP contribution in [-0.4, -0.2) is 47.0 Å². The van der Waals surface area contributed by atoms with E-state index in [2.05, 4.69) is 27.8 Å². The van der Waals surface area contributed by atoms with Gasteiger partial charge >= 0.3 is 0 Å². The van der Waals surface area contributed by atoms with Gasteiger partial charge in [-0.15, -0.1) is 0 Å². The monoisotopic (exact) mass is 259 g/mol. The van der Waals surface area contributed by atoms with Gasteiger partial charge in [-0.1, -0.05) is 6.07 Å². The lowest BCUT2D eigenvalue weighted by atomic mass is 10.00. The summed E-state index contributed by atoms with van der Waals surface area (Å²) < 4.78 is 0. The zero-order valence-corrected chi connectivity index (χ0v) is 12.0. The van der Waals surface area contributed by atoms with E-state index in [0.29, 0.717) is 6.04 Å². The molecule has 3 heterocycles. The first-order valence-corrected chi connectivity index (χ1v) is 7.72. The lowest BCUT2D eigenvalue weighted by molar-refractivity contribution is 0.101. The molecule has 0 radical (unpaired) electrons. The predicted molar refractivity (Wildman–Crippen MR) is 78.1 cm³/mol. The van der Waals surface area contributed by atoms with Gasteiger partial charge in [0, 0.05) is 37.6 Å². The minimum Gasteiger partial charge on any atom is -0.300 e. The van der Waals surface area contributed by atoms with Crippen molar-refractivity contribution < 1.29 is 0 Å². The fourth-order valence-corrected chi connectivity index (χ4v) is 3.58. The Morgan fingerprint density at radius 3 is 2.53 bits per heavy atom. The zero-order valence-electron chi connectivity index (χ0n) is 12.0. The first-order chi connectivity index (χ1) is 9.34.